The summed E-state index contributed by atoms with van der Waals surface area (Å²) in [6.45, 7) is 1.94. The molecule has 5 nitrogen and oxygen atoms in total. The van der Waals surface area contributed by atoms with Gasteiger partial charge in [-0.05, 0) is 25.1 Å². The Morgan fingerprint density at radius 3 is 2.76 bits per heavy atom. The van der Waals surface area contributed by atoms with Gasteiger partial charge in [-0.25, -0.2) is 4.79 Å². The lowest BCUT2D eigenvalue weighted by molar-refractivity contribution is -0.149. The number of carbonyl (C=O) groups is 2. The van der Waals surface area contributed by atoms with Crippen LogP contribution in [0, 0.1) is 0 Å². The maximum atomic E-state index is 13.1. The molecule has 0 radical (unpaired) electrons. The average Bonchev–Trinajstić information content (AvgIpc) is 3.06. The van der Waals surface area contributed by atoms with Crippen LogP contribution in [0.25, 0.3) is 10.9 Å². The van der Waals surface area contributed by atoms with Crippen molar-refractivity contribution in [2.75, 3.05) is 11.9 Å². The van der Waals surface area contributed by atoms with Crippen LogP contribution < -0.4 is 5.32 Å². The number of aromatic nitrogens is 1. The van der Waals surface area contributed by atoms with Gasteiger partial charge in [0.2, 0.25) is 4.75 Å². The van der Waals surface area contributed by atoms with Gasteiger partial charge in [0.1, 0.15) is 0 Å². The fourth-order valence-corrected chi connectivity index (χ4v) is 4.37. The van der Waals surface area contributed by atoms with E-state index >= 15 is 0 Å². The summed E-state index contributed by atoms with van der Waals surface area (Å²) in [4.78, 5) is 30.0. The van der Waals surface area contributed by atoms with Crippen LogP contribution in [0.1, 0.15) is 12.5 Å². The van der Waals surface area contributed by atoms with Gasteiger partial charge in [-0.15, -0.1) is 0 Å². The molecule has 2 heterocycles. The molecule has 0 bridgehead atoms. The lowest BCUT2D eigenvalue weighted by Crippen LogP contribution is -2.47. The molecule has 6 heteroatoms. The van der Waals surface area contributed by atoms with E-state index in [2.05, 4.69) is 10.3 Å². The zero-order valence-corrected chi connectivity index (χ0v) is 14.4. The number of amides is 1. The van der Waals surface area contributed by atoms with Gasteiger partial charge < -0.3 is 15.0 Å². The third kappa shape index (κ3) is 2.33. The third-order valence-corrected chi connectivity index (χ3v) is 5.70. The standard InChI is InChI=1S/C19H16N2O3S/c1-2-24-18(23)19(13-11-20-14-8-4-3-7-12(13)14)17(22)21-15-9-5-6-10-16(15)25-19/h3-11,20H,2H2,1H3,(H,21,22)/t19-/m0/s1. The van der Waals surface area contributed by atoms with Gasteiger partial charge >= 0.3 is 5.97 Å². The Balaban J connectivity index is 1.95. The van der Waals surface area contributed by atoms with Crippen molar-refractivity contribution in [3.63, 3.8) is 0 Å². The molecule has 2 aromatic carbocycles. The number of hydrogen-bond acceptors (Lipinski definition) is 4. The van der Waals surface area contributed by atoms with Gasteiger partial charge in [-0.1, -0.05) is 42.1 Å². The van der Waals surface area contributed by atoms with Crippen molar-refractivity contribution in [3.05, 3.63) is 60.3 Å². The number of nitrogens with one attached hydrogen (secondary N) is 2. The molecule has 0 saturated carbocycles. The summed E-state index contributed by atoms with van der Waals surface area (Å²) >= 11 is 1.23. The van der Waals surface area contributed by atoms with Crippen LogP contribution in [-0.4, -0.2) is 23.5 Å². The van der Waals surface area contributed by atoms with Crippen LogP contribution in [0.3, 0.4) is 0 Å². The number of thioether (sulfide) groups is 1. The lowest BCUT2D eigenvalue weighted by Gasteiger charge is -2.34. The minimum absolute atomic E-state index is 0.207. The van der Waals surface area contributed by atoms with Gasteiger partial charge in [-0.2, -0.15) is 0 Å². The Kier molecular flexibility index (Phi) is 3.77. The second-order valence-electron chi connectivity index (χ2n) is 5.70. The number of aromatic amines is 1. The smallest absolute Gasteiger partial charge is 0.337 e. The molecular weight excluding hydrogens is 336 g/mol. The molecule has 4 rings (SSSR count). The number of ether oxygens (including phenoxy) is 1. The van der Waals surface area contributed by atoms with Gasteiger partial charge in [-0.3, -0.25) is 4.79 Å². The molecular formula is C19H16N2O3S. The molecule has 0 spiro atoms. The van der Waals surface area contributed by atoms with Crippen molar-refractivity contribution < 1.29 is 14.3 Å². The monoisotopic (exact) mass is 352 g/mol. The van der Waals surface area contributed by atoms with Crippen molar-refractivity contribution in [1.29, 1.82) is 0 Å². The van der Waals surface area contributed by atoms with Gasteiger partial charge in [0.05, 0.1) is 12.3 Å². The maximum absolute atomic E-state index is 13.1. The van der Waals surface area contributed by atoms with Crippen molar-refractivity contribution in [1.82, 2.24) is 4.98 Å². The van der Waals surface area contributed by atoms with E-state index in [9.17, 15) is 9.59 Å². The van der Waals surface area contributed by atoms with E-state index in [-0.39, 0.29) is 12.5 Å². The molecule has 1 aromatic heterocycles. The number of anilines is 1. The average molecular weight is 352 g/mol. The molecule has 0 aliphatic carbocycles. The maximum Gasteiger partial charge on any atom is 0.337 e. The first-order valence-electron chi connectivity index (χ1n) is 8.00. The zero-order chi connectivity index (χ0) is 17.4. The second-order valence-corrected chi connectivity index (χ2v) is 6.96. The fraction of sp³-hybridized carbons (Fsp3) is 0.158. The molecule has 3 aromatic rings. The third-order valence-electron chi connectivity index (χ3n) is 4.25. The van der Waals surface area contributed by atoms with E-state index in [1.165, 1.54) is 11.8 Å². The summed E-state index contributed by atoms with van der Waals surface area (Å²) in [5, 5.41) is 3.70. The normalized spacial score (nSPS) is 19.3. The molecule has 0 fully saturated rings. The number of hydrogen-bond donors (Lipinski definition) is 2. The summed E-state index contributed by atoms with van der Waals surface area (Å²) in [6, 6.07) is 15.1. The fourth-order valence-electron chi connectivity index (χ4n) is 3.10. The lowest BCUT2D eigenvalue weighted by atomic mass is 9.95. The predicted octanol–water partition coefficient (Wildman–Crippen LogP) is 3.67. The molecule has 0 saturated heterocycles. The second kappa shape index (κ2) is 5.97. The highest BCUT2D eigenvalue weighted by atomic mass is 32.2. The summed E-state index contributed by atoms with van der Waals surface area (Å²) in [5.74, 6) is -0.948. The molecule has 1 atom stereocenters. The highest BCUT2D eigenvalue weighted by molar-refractivity contribution is 8.02. The molecule has 126 valence electrons. The van der Waals surface area contributed by atoms with Crippen molar-refractivity contribution in [3.8, 4) is 0 Å². The quantitative estimate of drug-likeness (QED) is 0.557. The Morgan fingerprint density at radius 1 is 1.16 bits per heavy atom. The Labute approximate surface area is 148 Å². The van der Waals surface area contributed by atoms with E-state index in [1.807, 2.05) is 48.5 Å². The largest absolute Gasteiger partial charge is 0.464 e. The molecule has 0 unspecified atom stereocenters. The number of carbonyl (C=O) groups excluding carboxylic acids is 2. The van der Waals surface area contributed by atoms with Crippen molar-refractivity contribution in [2.45, 2.75) is 16.6 Å². The van der Waals surface area contributed by atoms with Gasteiger partial charge in [0.25, 0.3) is 5.91 Å². The number of para-hydroxylation sites is 2. The zero-order valence-electron chi connectivity index (χ0n) is 13.5. The van der Waals surface area contributed by atoms with Crippen LogP contribution in [0.4, 0.5) is 5.69 Å². The molecule has 2 N–H and O–H groups in total. The minimum atomic E-state index is -1.48. The Bertz CT molecular complexity index is 981. The first-order chi connectivity index (χ1) is 12.2. The van der Waals surface area contributed by atoms with Crippen LogP contribution in [0.5, 0.6) is 0 Å². The first-order valence-corrected chi connectivity index (χ1v) is 8.81. The summed E-state index contributed by atoms with van der Waals surface area (Å²) in [7, 11) is 0. The molecule has 1 aliphatic rings. The molecule has 25 heavy (non-hydrogen) atoms. The topological polar surface area (TPSA) is 71.2 Å². The number of fused-ring (bicyclic) bond motifs is 2. The van der Waals surface area contributed by atoms with Crippen LogP contribution in [0.2, 0.25) is 0 Å². The van der Waals surface area contributed by atoms with E-state index < -0.39 is 10.7 Å². The van der Waals surface area contributed by atoms with Gasteiger partial charge in [0.15, 0.2) is 0 Å². The van der Waals surface area contributed by atoms with Crippen LogP contribution in [0.15, 0.2) is 59.6 Å². The van der Waals surface area contributed by atoms with Crippen molar-refractivity contribution in [2.24, 2.45) is 0 Å². The summed E-state index contributed by atoms with van der Waals surface area (Å²) < 4.78 is 3.83. The number of rotatable bonds is 3. The van der Waals surface area contributed by atoms with Crippen molar-refractivity contribution >= 4 is 40.2 Å². The van der Waals surface area contributed by atoms with Crippen LogP contribution in [-0.2, 0) is 19.1 Å². The predicted molar refractivity (Wildman–Crippen MR) is 97.5 cm³/mol. The number of esters is 1. The first kappa shape index (κ1) is 15.8. The summed E-state index contributed by atoms with van der Waals surface area (Å²) in [5.41, 5.74) is 2.18. The Morgan fingerprint density at radius 2 is 1.92 bits per heavy atom. The minimum Gasteiger partial charge on any atom is -0.464 e. The van der Waals surface area contributed by atoms with E-state index in [0.29, 0.717) is 11.3 Å². The number of benzene rings is 2. The molecule has 1 aliphatic heterocycles. The summed E-state index contributed by atoms with van der Waals surface area (Å²) in [6.07, 6.45) is 1.72. The highest BCUT2D eigenvalue weighted by Gasteiger charge is 2.54. The van der Waals surface area contributed by atoms with E-state index in [1.54, 1.807) is 13.1 Å². The SMILES string of the molecule is CCOC(=O)[C@@]1(c2c[nH]c3ccccc23)Sc2ccccc2NC1=O. The van der Waals surface area contributed by atoms with Gasteiger partial charge in [0, 0.05) is 27.6 Å². The van der Waals surface area contributed by atoms with E-state index in [4.69, 9.17) is 4.74 Å². The number of H-pyrrole nitrogens is 1. The van der Waals surface area contributed by atoms with Crippen LogP contribution >= 0.6 is 11.8 Å². The highest BCUT2D eigenvalue weighted by Crippen LogP contribution is 2.50. The Hall–Kier alpha value is -2.73. The molecule has 1 amide bonds. The van der Waals surface area contributed by atoms with E-state index in [0.717, 1.165) is 15.8 Å².